The van der Waals surface area contributed by atoms with Crippen molar-refractivity contribution in [3.05, 3.63) is 151 Å². The average Bonchev–Trinajstić information content (AvgIpc) is 3.50. The summed E-state index contributed by atoms with van der Waals surface area (Å²) >= 11 is 6.87. The van der Waals surface area contributed by atoms with Crippen LogP contribution in [0, 0.1) is 0 Å². The Morgan fingerprint density at radius 1 is 0.476 bits per heavy atom. The molecule has 0 aliphatic rings. The molecule has 0 unspecified atom stereocenters. The van der Waals surface area contributed by atoms with Crippen LogP contribution in [0.4, 0.5) is 0 Å². The van der Waals surface area contributed by atoms with Gasteiger partial charge in [-0.05, 0) is 39.1 Å². The average molecular weight is 558 g/mol. The molecule has 42 heavy (non-hydrogen) atoms. The first-order chi connectivity index (χ1) is 20.7. The van der Waals surface area contributed by atoms with Crippen molar-refractivity contribution in [2.24, 2.45) is 0 Å². The van der Waals surface area contributed by atoms with Crippen molar-refractivity contribution in [1.29, 1.82) is 0 Å². The highest BCUT2D eigenvalue weighted by Crippen LogP contribution is 2.41. The van der Waals surface area contributed by atoms with Crippen LogP contribution in [0.2, 0.25) is 5.02 Å². The number of benzene rings is 6. The second-order valence-electron chi connectivity index (χ2n) is 10.4. The molecule has 2 aromatic heterocycles. The monoisotopic (exact) mass is 557 g/mol. The van der Waals surface area contributed by atoms with Gasteiger partial charge in [-0.3, -0.25) is 0 Å². The van der Waals surface area contributed by atoms with Crippen LogP contribution in [0.3, 0.4) is 0 Å². The fourth-order valence-electron chi connectivity index (χ4n) is 5.90. The fraction of sp³-hybridized carbons (Fsp3) is 0. The molecule has 198 valence electrons. The van der Waals surface area contributed by atoms with E-state index in [1.165, 1.54) is 5.56 Å². The summed E-state index contributed by atoms with van der Waals surface area (Å²) in [6.45, 7) is 0. The molecule has 4 heteroatoms. The molecule has 0 amide bonds. The van der Waals surface area contributed by atoms with Crippen molar-refractivity contribution in [1.82, 2.24) is 14.6 Å². The van der Waals surface area contributed by atoms with Gasteiger partial charge in [-0.25, -0.2) is 9.50 Å². The normalized spacial score (nSPS) is 11.5. The van der Waals surface area contributed by atoms with Crippen LogP contribution in [-0.4, -0.2) is 14.6 Å². The minimum Gasteiger partial charge on any atom is -0.219 e. The summed E-state index contributed by atoms with van der Waals surface area (Å²) in [5.41, 5.74) is 8.49. The van der Waals surface area contributed by atoms with Gasteiger partial charge in [0, 0.05) is 33.7 Å². The number of aromatic nitrogens is 3. The van der Waals surface area contributed by atoms with E-state index in [1.54, 1.807) is 0 Å². The van der Waals surface area contributed by atoms with Crippen molar-refractivity contribution in [3.63, 3.8) is 0 Å². The van der Waals surface area contributed by atoms with Crippen LogP contribution < -0.4 is 0 Å². The summed E-state index contributed by atoms with van der Waals surface area (Å²) in [6.07, 6.45) is 2.06. The first kappa shape index (κ1) is 24.5. The summed E-state index contributed by atoms with van der Waals surface area (Å²) in [7, 11) is 0. The van der Waals surface area contributed by atoms with Gasteiger partial charge in [-0.1, -0.05) is 145 Å². The molecular weight excluding hydrogens is 534 g/mol. The van der Waals surface area contributed by atoms with E-state index in [4.69, 9.17) is 21.7 Å². The Labute approximate surface area is 248 Å². The predicted octanol–water partition coefficient (Wildman–Crippen LogP) is 10.4. The number of halogens is 1. The topological polar surface area (TPSA) is 30.2 Å². The third-order valence-corrected chi connectivity index (χ3v) is 8.33. The van der Waals surface area contributed by atoms with Crippen molar-refractivity contribution in [3.8, 4) is 44.8 Å². The lowest BCUT2D eigenvalue weighted by Gasteiger charge is -2.14. The van der Waals surface area contributed by atoms with E-state index in [0.717, 1.165) is 65.6 Å². The Morgan fingerprint density at radius 2 is 1.00 bits per heavy atom. The zero-order chi connectivity index (χ0) is 28.0. The zero-order valence-electron chi connectivity index (χ0n) is 22.6. The largest absolute Gasteiger partial charge is 0.219 e. The molecule has 3 nitrogen and oxygen atoms in total. The van der Waals surface area contributed by atoms with Gasteiger partial charge in [0.2, 0.25) is 0 Å². The van der Waals surface area contributed by atoms with E-state index < -0.39 is 0 Å². The molecule has 0 spiro atoms. The molecule has 8 aromatic rings. The fourth-order valence-corrected chi connectivity index (χ4v) is 6.23. The maximum atomic E-state index is 6.87. The minimum atomic E-state index is 0.690. The van der Waals surface area contributed by atoms with E-state index in [9.17, 15) is 0 Å². The second-order valence-corrected chi connectivity index (χ2v) is 10.8. The molecule has 0 saturated heterocycles. The van der Waals surface area contributed by atoms with Crippen LogP contribution >= 0.6 is 11.6 Å². The van der Waals surface area contributed by atoms with Crippen molar-refractivity contribution in [2.75, 3.05) is 0 Å². The van der Waals surface area contributed by atoms with Crippen LogP contribution in [-0.2, 0) is 0 Å². The number of nitrogens with zero attached hydrogens (tertiary/aromatic N) is 3. The van der Waals surface area contributed by atoms with Crippen LogP contribution in [0.5, 0.6) is 0 Å². The lowest BCUT2D eigenvalue weighted by atomic mass is 9.91. The van der Waals surface area contributed by atoms with Gasteiger partial charge < -0.3 is 0 Å². The first-order valence-electron chi connectivity index (χ1n) is 14.0. The van der Waals surface area contributed by atoms with Gasteiger partial charge in [0.05, 0.1) is 5.02 Å². The van der Waals surface area contributed by atoms with Crippen LogP contribution in [0.1, 0.15) is 0 Å². The molecule has 0 saturated carbocycles. The first-order valence-corrected chi connectivity index (χ1v) is 14.3. The Morgan fingerprint density at radius 3 is 1.62 bits per heavy atom. The second kappa shape index (κ2) is 9.99. The van der Waals surface area contributed by atoms with E-state index in [-0.39, 0.29) is 0 Å². The van der Waals surface area contributed by atoms with E-state index in [1.807, 2.05) is 28.8 Å². The lowest BCUT2D eigenvalue weighted by Crippen LogP contribution is -1.93. The highest BCUT2D eigenvalue weighted by molar-refractivity contribution is 6.42. The van der Waals surface area contributed by atoms with Gasteiger partial charge in [0.15, 0.2) is 11.5 Å². The summed E-state index contributed by atoms with van der Waals surface area (Å²) < 4.78 is 1.91. The van der Waals surface area contributed by atoms with Crippen LogP contribution in [0.25, 0.3) is 72.0 Å². The molecule has 8 rings (SSSR count). The molecule has 0 fully saturated rings. The number of rotatable bonds is 4. The van der Waals surface area contributed by atoms with Gasteiger partial charge >= 0.3 is 0 Å². The summed E-state index contributed by atoms with van der Waals surface area (Å²) in [5.74, 6) is 0.690. The lowest BCUT2D eigenvalue weighted by molar-refractivity contribution is 0.968. The molecule has 0 bridgehead atoms. The molecule has 0 aliphatic heterocycles. The molecule has 0 aliphatic carbocycles. The maximum Gasteiger partial charge on any atom is 0.182 e. The Bertz CT molecular complexity index is 2180. The van der Waals surface area contributed by atoms with Crippen molar-refractivity contribution in [2.45, 2.75) is 0 Å². The minimum absolute atomic E-state index is 0.690. The maximum absolute atomic E-state index is 6.87. The van der Waals surface area contributed by atoms with Gasteiger partial charge in [-0.2, -0.15) is 0 Å². The molecule has 6 aromatic carbocycles. The summed E-state index contributed by atoms with van der Waals surface area (Å²) in [4.78, 5) is 5.04. The Balaban J connectivity index is 1.28. The van der Waals surface area contributed by atoms with Crippen molar-refractivity contribution < 1.29 is 0 Å². The predicted molar refractivity (Wildman–Crippen MR) is 175 cm³/mol. The smallest absolute Gasteiger partial charge is 0.182 e. The molecule has 0 atom stereocenters. The number of pyridine rings is 1. The number of hydrogen-bond acceptors (Lipinski definition) is 2. The Kier molecular flexibility index (Phi) is 5.83. The van der Waals surface area contributed by atoms with Crippen LogP contribution in [0.15, 0.2) is 146 Å². The number of fused-ring (bicyclic) bond motifs is 3. The van der Waals surface area contributed by atoms with E-state index >= 15 is 0 Å². The summed E-state index contributed by atoms with van der Waals surface area (Å²) in [6, 6.07) is 48.2. The highest BCUT2D eigenvalue weighted by Gasteiger charge is 2.16. The zero-order valence-corrected chi connectivity index (χ0v) is 23.3. The molecule has 2 heterocycles. The quantitative estimate of drug-likeness (QED) is 0.201. The number of hydrogen-bond donors (Lipinski definition) is 0. The van der Waals surface area contributed by atoms with Gasteiger partial charge in [0.1, 0.15) is 0 Å². The third kappa shape index (κ3) is 4.06. The molecule has 0 N–H and O–H groups in total. The van der Waals surface area contributed by atoms with Gasteiger partial charge in [-0.15, -0.1) is 5.10 Å². The van der Waals surface area contributed by atoms with Gasteiger partial charge in [0.25, 0.3) is 0 Å². The molecule has 0 radical (unpaired) electrons. The standard InChI is InChI=1S/C38H24ClN3/c39-36-32-17-9-7-15-30(32)35(31-16-8-10-18-33(31)36)27-19-21-28(22-20-27)37-40-38-34(26-13-5-2-6-14-26)23-29(24-42(38)41-37)25-11-3-1-4-12-25/h1-24H. The Hall–Kier alpha value is -5.25. The third-order valence-electron chi connectivity index (χ3n) is 7.92. The van der Waals surface area contributed by atoms with E-state index in [0.29, 0.717) is 5.82 Å². The summed E-state index contributed by atoms with van der Waals surface area (Å²) in [5, 5.41) is 10.1. The van der Waals surface area contributed by atoms with Crippen molar-refractivity contribution >= 4 is 38.8 Å². The molecular formula is C38H24ClN3. The van der Waals surface area contributed by atoms with E-state index in [2.05, 4.69) is 121 Å². The SMILES string of the molecule is Clc1c2ccccc2c(-c2ccc(-c3nc4c(-c5ccccc5)cc(-c5ccccc5)cn4n3)cc2)c2ccccc12. The highest BCUT2D eigenvalue weighted by atomic mass is 35.5.